The first kappa shape index (κ1) is 26.0. The fourth-order valence-electron chi connectivity index (χ4n) is 3.53. The van der Waals surface area contributed by atoms with E-state index in [2.05, 4.69) is 5.32 Å². The highest BCUT2D eigenvalue weighted by Gasteiger charge is 2.38. The third kappa shape index (κ3) is 7.97. The number of unbranched alkanes of at least 4 members (excludes halogenated alkanes) is 1. The summed E-state index contributed by atoms with van der Waals surface area (Å²) in [5.41, 5.74) is 0.724. The normalized spacial score (nSPS) is 12.4. The zero-order valence-electron chi connectivity index (χ0n) is 19.8. The van der Waals surface area contributed by atoms with Crippen LogP contribution >= 0.6 is 0 Å². The lowest BCUT2D eigenvalue weighted by Gasteiger charge is -2.38. The molecular formula is C27H33FN2O3. The zero-order chi connectivity index (χ0) is 24.4. The molecule has 0 saturated heterocycles. The number of carbonyl (C=O) groups is 3. The van der Waals surface area contributed by atoms with Gasteiger partial charge in [0.2, 0.25) is 11.8 Å². The summed E-state index contributed by atoms with van der Waals surface area (Å²) in [5.74, 6) is -1.49. The van der Waals surface area contributed by atoms with Crippen LogP contribution in [0.2, 0.25) is 0 Å². The third-order valence-corrected chi connectivity index (χ3v) is 5.23. The van der Waals surface area contributed by atoms with E-state index in [9.17, 15) is 18.8 Å². The topological polar surface area (TPSA) is 66.5 Å². The minimum Gasteiger partial charge on any atom is -0.350 e. The van der Waals surface area contributed by atoms with Crippen molar-refractivity contribution in [2.45, 2.75) is 53.1 Å². The summed E-state index contributed by atoms with van der Waals surface area (Å²) < 4.78 is 13.1. The van der Waals surface area contributed by atoms with Crippen molar-refractivity contribution in [1.82, 2.24) is 10.2 Å². The minimum absolute atomic E-state index is 0.242. The Bertz CT molecular complexity index is 963. The van der Waals surface area contributed by atoms with Crippen LogP contribution in [-0.2, 0) is 16.1 Å². The van der Waals surface area contributed by atoms with Gasteiger partial charge in [-0.05, 0) is 47.7 Å². The Kier molecular flexibility index (Phi) is 9.52. The molecule has 2 rings (SSSR count). The molecule has 0 radical (unpaired) electrons. The molecule has 1 unspecified atom stereocenters. The lowest BCUT2D eigenvalue weighted by atomic mass is 9.84. The highest BCUT2D eigenvalue weighted by Crippen LogP contribution is 2.26. The molecule has 1 atom stereocenters. The Morgan fingerprint density at radius 2 is 1.64 bits per heavy atom. The van der Waals surface area contributed by atoms with Crippen LogP contribution in [0.3, 0.4) is 0 Å². The van der Waals surface area contributed by atoms with Gasteiger partial charge in [0, 0.05) is 24.7 Å². The second kappa shape index (κ2) is 12.1. The van der Waals surface area contributed by atoms with E-state index < -0.39 is 29.0 Å². The molecule has 0 aromatic heterocycles. The highest BCUT2D eigenvalue weighted by molar-refractivity contribution is 6.08. The number of carbonyl (C=O) groups excluding carboxylic acids is 3. The lowest BCUT2D eigenvalue weighted by molar-refractivity contribution is -0.141. The molecule has 0 aliphatic heterocycles. The van der Waals surface area contributed by atoms with Crippen LogP contribution in [0.5, 0.6) is 0 Å². The summed E-state index contributed by atoms with van der Waals surface area (Å²) in [6.07, 6.45) is 3.95. The van der Waals surface area contributed by atoms with Crippen LogP contribution in [0.25, 0.3) is 0 Å². The highest BCUT2D eigenvalue weighted by atomic mass is 19.1. The van der Waals surface area contributed by atoms with Gasteiger partial charge in [-0.2, -0.15) is 0 Å². The molecule has 5 nitrogen and oxygen atoms in total. The Labute approximate surface area is 195 Å². The van der Waals surface area contributed by atoms with Crippen LogP contribution in [0.1, 0.15) is 56.5 Å². The van der Waals surface area contributed by atoms with Gasteiger partial charge >= 0.3 is 0 Å². The molecule has 0 spiro atoms. The average Bonchev–Trinajstić information content (AvgIpc) is 2.78. The van der Waals surface area contributed by atoms with Gasteiger partial charge in [-0.25, -0.2) is 4.39 Å². The fourth-order valence-corrected chi connectivity index (χ4v) is 3.53. The maximum Gasteiger partial charge on any atom is 0.247 e. The van der Waals surface area contributed by atoms with Gasteiger partial charge in [0.15, 0.2) is 5.78 Å². The van der Waals surface area contributed by atoms with Crippen molar-refractivity contribution in [3.05, 3.63) is 83.7 Å². The van der Waals surface area contributed by atoms with Crippen LogP contribution in [0.15, 0.2) is 66.7 Å². The van der Waals surface area contributed by atoms with Crippen molar-refractivity contribution in [2.24, 2.45) is 5.41 Å². The number of hydrogen-bond donors (Lipinski definition) is 1. The quantitative estimate of drug-likeness (QED) is 0.411. The van der Waals surface area contributed by atoms with Crippen molar-refractivity contribution in [3.8, 4) is 0 Å². The minimum atomic E-state index is -0.717. The van der Waals surface area contributed by atoms with Crippen molar-refractivity contribution < 1.29 is 18.8 Å². The maximum atomic E-state index is 13.2. The van der Waals surface area contributed by atoms with Gasteiger partial charge in [0.25, 0.3) is 0 Å². The summed E-state index contributed by atoms with van der Waals surface area (Å²) in [6.45, 7) is 8.52. The van der Waals surface area contributed by atoms with Crippen LogP contribution in [-0.4, -0.2) is 35.1 Å². The summed E-state index contributed by atoms with van der Waals surface area (Å²) in [6, 6.07) is 14.0. The predicted molar refractivity (Wildman–Crippen MR) is 128 cm³/mol. The van der Waals surface area contributed by atoms with E-state index in [0.717, 1.165) is 18.4 Å². The first-order valence-corrected chi connectivity index (χ1v) is 11.2. The monoisotopic (exact) mass is 452 g/mol. The number of amides is 2. The van der Waals surface area contributed by atoms with Crippen molar-refractivity contribution >= 4 is 17.6 Å². The SMILES string of the molecule is CCCCN(C(=O)/C=C/C(=O)c1ccc(F)cc1)C(C(=O)NCc1ccccc1)C(C)(C)C. The molecule has 2 amide bonds. The number of allylic oxidation sites excluding steroid dienone is 1. The Morgan fingerprint density at radius 3 is 2.21 bits per heavy atom. The van der Waals surface area contributed by atoms with E-state index >= 15 is 0 Å². The van der Waals surface area contributed by atoms with E-state index in [1.807, 2.05) is 58.0 Å². The number of nitrogens with one attached hydrogen (secondary N) is 1. The number of ketones is 1. The van der Waals surface area contributed by atoms with Crippen molar-refractivity contribution in [1.29, 1.82) is 0 Å². The van der Waals surface area contributed by atoms with Gasteiger partial charge < -0.3 is 10.2 Å². The molecule has 0 aliphatic rings. The van der Waals surface area contributed by atoms with Gasteiger partial charge in [-0.15, -0.1) is 0 Å². The largest absolute Gasteiger partial charge is 0.350 e. The van der Waals surface area contributed by atoms with Gasteiger partial charge in [-0.3, -0.25) is 14.4 Å². The zero-order valence-corrected chi connectivity index (χ0v) is 19.8. The van der Waals surface area contributed by atoms with E-state index in [1.54, 1.807) is 0 Å². The van der Waals surface area contributed by atoms with Gasteiger partial charge in [0.1, 0.15) is 11.9 Å². The molecule has 6 heteroatoms. The molecule has 0 bridgehead atoms. The smallest absolute Gasteiger partial charge is 0.247 e. The summed E-state index contributed by atoms with van der Waals surface area (Å²) >= 11 is 0. The predicted octanol–water partition coefficient (Wildman–Crippen LogP) is 4.92. The second-order valence-electron chi connectivity index (χ2n) is 9.06. The first-order valence-electron chi connectivity index (χ1n) is 11.2. The number of halogens is 1. The van der Waals surface area contributed by atoms with Crippen LogP contribution in [0, 0.1) is 11.2 Å². The molecule has 2 aromatic carbocycles. The van der Waals surface area contributed by atoms with E-state index in [-0.39, 0.29) is 11.5 Å². The number of hydrogen-bond acceptors (Lipinski definition) is 3. The summed E-state index contributed by atoms with van der Waals surface area (Å²) in [5, 5.41) is 2.95. The molecule has 0 aliphatic carbocycles. The Balaban J connectivity index is 2.22. The summed E-state index contributed by atoms with van der Waals surface area (Å²) in [7, 11) is 0. The average molecular weight is 453 g/mol. The molecule has 2 aromatic rings. The van der Waals surface area contributed by atoms with E-state index in [0.29, 0.717) is 13.1 Å². The number of nitrogens with zero attached hydrogens (tertiary/aromatic N) is 1. The fraction of sp³-hybridized carbons (Fsp3) is 0.370. The first-order chi connectivity index (χ1) is 15.6. The molecule has 33 heavy (non-hydrogen) atoms. The molecule has 176 valence electrons. The van der Waals surface area contributed by atoms with Crippen LogP contribution in [0.4, 0.5) is 4.39 Å². The molecule has 0 heterocycles. The van der Waals surface area contributed by atoms with Crippen LogP contribution < -0.4 is 5.32 Å². The number of benzene rings is 2. The maximum absolute atomic E-state index is 13.2. The van der Waals surface area contributed by atoms with Gasteiger partial charge in [-0.1, -0.05) is 64.4 Å². The number of rotatable bonds is 10. The van der Waals surface area contributed by atoms with Crippen molar-refractivity contribution in [3.63, 3.8) is 0 Å². The lowest BCUT2D eigenvalue weighted by Crippen LogP contribution is -2.55. The van der Waals surface area contributed by atoms with E-state index in [4.69, 9.17) is 0 Å². The third-order valence-electron chi connectivity index (χ3n) is 5.23. The Hall–Kier alpha value is -3.28. The molecular weight excluding hydrogens is 419 g/mol. The molecule has 0 fully saturated rings. The summed E-state index contributed by atoms with van der Waals surface area (Å²) in [4.78, 5) is 40.3. The molecule has 0 saturated carbocycles. The van der Waals surface area contributed by atoms with E-state index in [1.165, 1.54) is 41.3 Å². The van der Waals surface area contributed by atoms with Crippen molar-refractivity contribution in [2.75, 3.05) is 6.54 Å². The Morgan fingerprint density at radius 1 is 1.00 bits per heavy atom. The standard InChI is InChI=1S/C27H33FN2O3/c1-5-6-18-30(24(32)17-16-23(31)21-12-14-22(28)15-13-21)25(27(2,3)4)26(33)29-19-20-10-8-7-9-11-20/h7-17,25H,5-6,18-19H2,1-4H3,(H,29,33)/b17-16+. The molecule has 1 N–H and O–H groups in total. The van der Waals surface area contributed by atoms with Gasteiger partial charge in [0.05, 0.1) is 0 Å². The second-order valence-corrected chi connectivity index (χ2v) is 9.06.